The normalized spacial score (nSPS) is 11.1. The minimum Gasteiger partial charge on any atom is -0.494 e. The van der Waals surface area contributed by atoms with Crippen molar-refractivity contribution >= 4 is 50.1 Å². The van der Waals surface area contributed by atoms with Crippen molar-refractivity contribution < 1.29 is 28.6 Å². The highest BCUT2D eigenvalue weighted by Gasteiger charge is 2.16. The molecule has 6 aromatic carbocycles. The van der Waals surface area contributed by atoms with Crippen LogP contribution in [0.5, 0.6) is 17.2 Å². The van der Waals surface area contributed by atoms with E-state index < -0.39 is 0 Å². The second-order valence-electron chi connectivity index (χ2n) is 31.1. The fraction of sp³-hybridized carbons (Fsp3) is 0.471. The fourth-order valence-electron chi connectivity index (χ4n) is 14.8. The molecule has 612 valence electrons. The maximum Gasteiger partial charge on any atom is 0.258 e. The Morgan fingerprint density at radius 1 is 0.333 bits per heavy atom. The maximum absolute atomic E-state index is 13.4. The van der Waals surface area contributed by atoms with Gasteiger partial charge in [-0.1, -0.05) is 304 Å². The number of pyridine rings is 3. The number of fused-ring (bicyclic) bond motifs is 3. The summed E-state index contributed by atoms with van der Waals surface area (Å²) < 4.78 is 23.5. The number of carbonyl (C=O) groups excluding carboxylic acids is 3. The number of rotatable bonds is 56. The van der Waals surface area contributed by atoms with Crippen molar-refractivity contribution in [2.45, 2.75) is 284 Å². The highest BCUT2D eigenvalue weighted by molar-refractivity contribution is 5.94. The van der Waals surface area contributed by atoms with Crippen LogP contribution in [0, 0.1) is 0 Å². The van der Waals surface area contributed by atoms with Gasteiger partial charge in [0.1, 0.15) is 17.2 Å². The number of aryl methyl sites for hydroxylation is 3. The van der Waals surface area contributed by atoms with Gasteiger partial charge < -0.3 is 27.9 Å². The summed E-state index contributed by atoms with van der Waals surface area (Å²) in [5.41, 5.74) is 8.81. The molecule has 0 radical (unpaired) electrons. The van der Waals surface area contributed by atoms with Crippen molar-refractivity contribution in [1.29, 1.82) is 0 Å². The van der Waals surface area contributed by atoms with Crippen LogP contribution in [-0.2, 0) is 34.5 Å². The lowest BCUT2D eigenvalue weighted by Gasteiger charge is -2.13. The van der Waals surface area contributed by atoms with Gasteiger partial charge in [0.05, 0.1) is 36.4 Å². The summed E-state index contributed by atoms with van der Waals surface area (Å²) in [5, 5.41) is 3.25. The standard InChI is InChI=1S/C36H49NO3.C35H47NO3.C31H39NO3/c1-4-5-17-26-37-34-20-16-15-19-31(34)28-33(36(37)39)30-22-24-32(25-23-30)40-27-18-13-11-9-7-6-8-10-12-14-21-35(38)29(2)3;1-3-5-17-26-36-34-21-16-15-19-30(34)28-33(35(36)38)29-22-24-32(25-23-29)39-27-18-13-11-9-7-6-8-10-12-14-20-31(37)4-2;1-3-27(33)17-12-10-8-6-4-5-7-9-11-15-23-35-28-21-19-25(20-22-28)29-24-26-16-13-14-18-30(26)32(2)31(29)34/h15-16,19-20,22-25,28H,2,4-14,17-18,21,26-27H2,1,3H3;4,15-16,19,21-25,28H,2-3,5-14,17-18,20,26-27H2,1H3;3,13-14,16,18-22,24H,1,4-12,15,17,23H2,2H3. The van der Waals surface area contributed by atoms with Gasteiger partial charge in [-0.2, -0.15) is 0 Å². The van der Waals surface area contributed by atoms with Gasteiger partial charge in [-0.25, -0.2) is 0 Å². The first kappa shape index (κ1) is 91.8. The van der Waals surface area contributed by atoms with E-state index >= 15 is 0 Å². The lowest BCUT2D eigenvalue weighted by molar-refractivity contribution is -0.116. The monoisotopic (exact) mass is 1550 g/mol. The van der Waals surface area contributed by atoms with E-state index in [1.807, 2.05) is 168 Å². The molecule has 3 heterocycles. The summed E-state index contributed by atoms with van der Waals surface area (Å²) in [6.07, 6.45) is 47.4. The average Bonchev–Trinajstić information content (AvgIpc) is 0.795. The molecule has 0 amide bonds. The number of ketones is 3. The summed E-state index contributed by atoms with van der Waals surface area (Å²) >= 11 is 0. The van der Waals surface area contributed by atoms with Gasteiger partial charge >= 0.3 is 0 Å². The van der Waals surface area contributed by atoms with Crippen molar-refractivity contribution in [1.82, 2.24) is 13.7 Å². The van der Waals surface area contributed by atoms with E-state index in [9.17, 15) is 28.8 Å². The zero-order valence-electron chi connectivity index (χ0n) is 70.0. The minimum atomic E-state index is 0.0115. The second-order valence-corrected chi connectivity index (χ2v) is 31.1. The van der Waals surface area contributed by atoms with Gasteiger partial charge in [0.25, 0.3) is 16.7 Å². The van der Waals surface area contributed by atoms with E-state index in [0.717, 1.165) is 207 Å². The molecule has 0 saturated carbocycles. The van der Waals surface area contributed by atoms with Crippen molar-refractivity contribution in [3.8, 4) is 50.6 Å². The molecule has 0 spiro atoms. The number of para-hydroxylation sites is 3. The van der Waals surface area contributed by atoms with Crippen LogP contribution < -0.4 is 30.9 Å². The molecule has 3 aromatic heterocycles. The topological polar surface area (TPSA) is 145 Å². The van der Waals surface area contributed by atoms with Crippen LogP contribution >= 0.6 is 0 Å². The third kappa shape index (κ3) is 32.8. The fourth-order valence-corrected chi connectivity index (χ4v) is 14.8. The first-order chi connectivity index (χ1) is 55.7. The van der Waals surface area contributed by atoms with E-state index in [-0.39, 0.29) is 34.0 Å². The number of hydrogen-bond acceptors (Lipinski definition) is 9. The average molecular weight is 1550 g/mol. The summed E-state index contributed by atoms with van der Waals surface area (Å²) in [6, 6.07) is 54.1. The quantitative estimate of drug-likeness (QED) is 0.0269. The predicted molar refractivity (Wildman–Crippen MR) is 480 cm³/mol. The van der Waals surface area contributed by atoms with Gasteiger partial charge in [-0.15, -0.1) is 0 Å². The van der Waals surface area contributed by atoms with Crippen LogP contribution in [0.25, 0.3) is 66.1 Å². The Labute approximate surface area is 682 Å². The molecule has 12 heteroatoms. The number of aromatic nitrogens is 3. The van der Waals surface area contributed by atoms with Crippen molar-refractivity contribution in [3.05, 3.63) is 232 Å². The SMILES string of the molecule is C=C(C)C(=O)CCCCCCCCCCCCOc1ccc(-c2cc3ccccc3n(CCCCC)c2=O)cc1.C=CC(=O)CCCCCCCCCCCCOc1ccc(-c2cc3ccccc3n(C)c2=O)cc1.C=CC(=O)CCCCCCCCCCCCOc1ccc(-c2cc3ccccc3n(CCCCC)c2=O)cc1. The molecule has 9 rings (SSSR count). The molecule has 12 nitrogen and oxygen atoms in total. The van der Waals surface area contributed by atoms with Gasteiger partial charge in [-0.05, 0) is 182 Å². The van der Waals surface area contributed by atoms with E-state index in [1.165, 1.54) is 147 Å². The Morgan fingerprint density at radius 2 is 0.605 bits per heavy atom. The van der Waals surface area contributed by atoms with Gasteiger partial charge in [-0.3, -0.25) is 28.8 Å². The molecule has 0 fully saturated rings. The Balaban J connectivity index is 0.000000237. The van der Waals surface area contributed by atoms with Crippen LogP contribution in [0.1, 0.15) is 271 Å². The number of ether oxygens (including phenoxy) is 3. The predicted octanol–water partition coefficient (Wildman–Crippen LogP) is 26.6. The van der Waals surface area contributed by atoms with Crippen LogP contribution in [0.15, 0.2) is 216 Å². The summed E-state index contributed by atoms with van der Waals surface area (Å²) in [7, 11) is 1.82. The Kier molecular flexibility index (Phi) is 43.8. The molecule has 0 aliphatic heterocycles. The Bertz CT molecular complexity index is 4520. The lowest BCUT2D eigenvalue weighted by atomic mass is 10.0. The van der Waals surface area contributed by atoms with Gasteiger partial charge in [0, 0.05) is 56.1 Å². The Morgan fingerprint density at radius 3 is 0.912 bits per heavy atom. The smallest absolute Gasteiger partial charge is 0.258 e. The lowest BCUT2D eigenvalue weighted by Crippen LogP contribution is -2.22. The van der Waals surface area contributed by atoms with Crippen LogP contribution in [-0.4, -0.2) is 50.9 Å². The second kappa shape index (κ2) is 54.4. The number of allylic oxidation sites excluding steroid dienone is 3. The summed E-state index contributed by atoms with van der Waals surface area (Å²) in [6.45, 7) is 20.6. The van der Waals surface area contributed by atoms with E-state index in [2.05, 4.69) is 45.7 Å². The first-order valence-corrected chi connectivity index (χ1v) is 43.8. The highest BCUT2D eigenvalue weighted by Crippen LogP contribution is 2.29. The molecule has 0 atom stereocenters. The van der Waals surface area contributed by atoms with Crippen molar-refractivity contribution in [2.75, 3.05) is 19.8 Å². The third-order valence-electron chi connectivity index (χ3n) is 21.8. The zero-order chi connectivity index (χ0) is 81.2. The molecule has 0 aliphatic rings. The molecule has 0 saturated heterocycles. The summed E-state index contributed by atoms with van der Waals surface area (Å²) in [4.78, 5) is 73.5. The van der Waals surface area contributed by atoms with Crippen LogP contribution in [0.4, 0.5) is 0 Å². The number of hydrogen-bond donors (Lipinski definition) is 0. The number of carbonyl (C=O) groups is 3. The largest absolute Gasteiger partial charge is 0.494 e. The van der Waals surface area contributed by atoms with E-state index in [1.54, 1.807) is 11.5 Å². The molecular formula is C102H135N3O9. The molecule has 0 bridgehead atoms. The summed E-state index contributed by atoms with van der Waals surface area (Å²) in [5.74, 6) is 3.11. The Hall–Kier alpha value is -9.42. The molecule has 114 heavy (non-hydrogen) atoms. The number of unbranched alkanes of at least 4 members (excludes halogenated alkanes) is 31. The van der Waals surface area contributed by atoms with E-state index in [4.69, 9.17) is 14.2 Å². The van der Waals surface area contributed by atoms with Crippen LogP contribution in [0.3, 0.4) is 0 Å². The third-order valence-corrected chi connectivity index (χ3v) is 21.8. The maximum atomic E-state index is 13.4. The van der Waals surface area contributed by atoms with Gasteiger partial charge in [0.15, 0.2) is 17.3 Å². The molecule has 0 unspecified atom stereocenters. The molecule has 9 aromatic rings. The minimum absolute atomic E-state index is 0.0115. The van der Waals surface area contributed by atoms with E-state index in [0.29, 0.717) is 30.4 Å². The molecular weight excluding hydrogens is 1410 g/mol. The van der Waals surface area contributed by atoms with Crippen molar-refractivity contribution in [2.24, 2.45) is 7.05 Å². The number of nitrogens with zero attached hydrogens (tertiary/aromatic N) is 3. The first-order valence-electron chi connectivity index (χ1n) is 43.8. The zero-order valence-corrected chi connectivity index (χ0v) is 70.0. The highest BCUT2D eigenvalue weighted by atomic mass is 16.5. The van der Waals surface area contributed by atoms with Crippen molar-refractivity contribution in [3.63, 3.8) is 0 Å². The van der Waals surface area contributed by atoms with Gasteiger partial charge in [0.2, 0.25) is 0 Å². The molecule has 0 aliphatic carbocycles. The number of benzene rings is 6. The number of Topliss-reactive ketones (excluding diaryl/α,β-unsaturated/α-hetero) is 1. The van der Waals surface area contributed by atoms with Crippen LogP contribution in [0.2, 0.25) is 0 Å². The molecule has 0 N–H and O–H groups in total.